The molecule has 0 aromatic heterocycles. The Morgan fingerprint density at radius 3 is 2.38 bits per heavy atom. The quantitative estimate of drug-likeness (QED) is 0.229. The zero-order valence-electron chi connectivity index (χ0n) is 21.2. The van der Waals surface area contributed by atoms with Gasteiger partial charge in [0, 0.05) is 25.3 Å². The predicted molar refractivity (Wildman–Crippen MR) is 146 cm³/mol. The Balaban J connectivity index is 1.94. The Kier molecular flexibility index (Phi) is 7.74. The number of methoxy groups -OCH3 is 1. The van der Waals surface area contributed by atoms with Gasteiger partial charge in [0.25, 0.3) is 11.7 Å². The summed E-state index contributed by atoms with van der Waals surface area (Å²) in [6.07, 6.45) is 0.779. The second-order valence-corrected chi connectivity index (χ2v) is 9.23. The topological polar surface area (TPSA) is 79.3 Å². The van der Waals surface area contributed by atoms with Crippen LogP contribution in [0, 0.1) is 0 Å². The Bertz CT molecular complexity index is 1350. The lowest BCUT2D eigenvalue weighted by Crippen LogP contribution is -2.30. The van der Waals surface area contributed by atoms with Crippen LogP contribution >= 0.6 is 11.6 Å². The Morgan fingerprint density at radius 1 is 1.03 bits per heavy atom. The number of carbonyl (C=O) groups excluding carboxylic acids is 2. The van der Waals surface area contributed by atoms with E-state index in [4.69, 9.17) is 21.1 Å². The van der Waals surface area contributed by atoms with Crippen molar-refractivity contribution in [2.24, 2.45) is 0 Å². The first-order chi connectivity index (χ1) is 17.8. The molecular weight excluding hydrogens is 492 g/mol. The van der Waals surface area contributed by atoms with Gasteiger partial charge in [0.15, 0.2) is 0 Å². The Hall–Kier alpha value is -3.97. The lowest BCUT2D eigenvalue weighted by molar-refractivity contribution is -0.132. The van der Waals surface area contributed by atoms with Crippen molar-refractivity contribution in [2.75, 3.05) is 37.6 Å². The van der Waals surface area contributed by atoms with Gasteiger partial charge in [0.1, 0.15) is 17.3 Å². The summed E-state index contributed by atoms with van der Waals surface area (Å²) in [4.78, 5) is 30.4. The van der Waals surface area contributed by atoms with E-state index < -0.39 is 17.7 Å². The third kappa shape index (κ3) is 5.00. The van der Waals surface area contributed by atoms with E-state index >= 15 is 0 Å². The number of ketones is 1. The predicted octanol–water partition coefficient (Wildman–Crippen LogP) is 5.83. The van der Waals surface area contributed by atoms with Crippen LogP contribution in [0.3, 0.4) is 0 Å². The standard InChI is InChI=1S/C29H29ClN2O5/c1-5-16-37-23-9-7-6-8-22(23)32-26(18-10-13-20(14-11-18)31(2)3)25(28(34)29(32)35)27(33)19-12-15-21(30)24(17-19)36-4/h6-15,17,26,33H,5,16H2,1-4H3/b27-25-. The first-order valence-electron chi connectivity index (χ1n) is 11.9. The van der Waals surface area contributed by atoms with Gasteiger partial charge in [0.2, 0.25) is 0 Å². The minimum absolute atomic E-state index is 0.0303. The van der Waals surface area contributed by atoms with Crippen molar-refractivity contribution in [3.05, 3.63) is 88.5 Å². The molecule has 1 heterocycles. The van der Waals surface area contributed by atoms with Crippen molar-refractivity contribution in [3.8, 4) is 11.5 Å². The van der Waals surface area contributed by atoms with Crippen LogP contribution in [0.1, 0.15) is 30.5 Å². The number of rotatable bonds is 8. The molecule has 0 saturated carbocycles. The highest BCUT2D eigenvalue weighted by molar-refractivity contribution is 6.52. The van der Waals surface area contributed by atoms with Crippen LogP contribution in [0.5, 0.6) is 11.5 Å². The molecule has 1 N–H and O–H groups in total. The minimum atomic E-state index is -0.885. The normalized spacial score (nSPS) is 16.7. The number of anilines is 2. The molecule has 0 aliphatic carbocycles. The van der Waals surface area contributed by atoms with E-state index in [2.05, 4.69) is 0 Å². The second-order valence-electron chi connectivity index (χ2n) is 8.82. The van der Waals surface area contributed by atoms with Gasteiger partial charge in [-0.05, 0) is 54.4 Å². The number of hydrogen-bond donors (Lipinski definition) is 1. The van der Waals surface area contributed by atoms with Crippen molar-refractivity contribution in [1.82, 2.24) is 0 Å². The number of Topliss-reactive ketones (excluding diaryl/α,β-unsaturated/α-hetero) is 1. The molecule has 3 aromatic carbocycles. The first kappa shape index (κ1) is 26.1. The van der Waals surface area contributed by atoms with E-state index in [1.54, 1.807) is 30.3 Å². The molecule has 192 valence electrons. The summed E-state index contributed by atoms with van der Waals surface area (Å²) in [5, 5.41) is 11.8. The number of aliphatic hydroxyl groups excluding tert-OH is 1. The molecule has 0 bridgehead atoms. The molecule has 8 heteroatoms. The van der Waals surface area contributed by atoms with E-state index in [9.17, 15) is 14.7 Å². The Labute approximate surface area is 221 Å². The van der Waals surface area contributed by atoms with Crippen molar-refractivity contribution in [2.45, 2.75) is 19.4 Å². The van der Waals surface area contributed by atoms with Crippen LogP contribution in [0.25, 0.3) is 5.76 Å². The summed E-state index contributed by atoms with van der Waals surface area (Å²) in [5.41, 5.74) is 2.35. The molecule has 1 fully saturated rings. The molecule has 1 atom stereocenters. The van der Waals surface area contributed by atoms with Crippen LogP contribution in [0.15, 0.2) is 72.3 Å². The summed E-state index contributed by atoms with van der Waals surface area (Å²) < 4.78 is 11.2. The van der Waals surface area contributed by atoms with Gasteiger partial charge in [-0.25, -0.2) is 0 Å². The molecular formula is C29H29ClN2O5. The highest BCUT2D eigenvalue weighted by Gasteiger charge is 2.47. The zero-order valence-corrected chi connectivity index (χ0v) is 22.0. The number of ether oxygens (including phenoxy) is 2. The molecule has 1 amide bonds. The van der Waals surface area contributed by atoms with Gasteiger partial charge in [-0.1, -0.05) is 42.8 Å². The summed E-state index contributed by atoms with van der Waals surface area (Å²) in [5.74, 6) is -1.04. The number of carbonyl (C=O) groups is 2. The number of nitrogens with zero attached hydrogens (tertiary/aromatic N) is 2. The molecule has 0 spiro atoms. The number of benzene rings is 3. The molecule has 37 heavy (non-hydrogen) atoms. The van der Waals surface area contributed by atoms with E-state index in [1.165, 1.54) is 18.1 Å². The first-order valence-corrected chi connectivity index (χ1v) is 12.3. The third-order valence-electron chi connectivity index (χ3n) is 6.18. The largest absolute Gasteiger partial charge is 0.507 e. The summed E-state index contributed by atoms with van der Waals surface area (Å²) >= 11 is 6.17. The average Bonchev–Trinajstić information content (AvgIpc) is 3.17. The fourth-order valence-corrected chi connectivity index (χ4v) is 4.50. The van der Waals surface area contributed by atoms with Crippen molar-refractivity contribution < 1.29 is 24.2 Å². The molecule has 3 aromatic rings. The molecule has 1 aliphatic heterocycles. The second kappa shape index (κ2) is 11.0. The Morgan fingerprint density at radius 2 is 1.73 bits per heavy atom. The lowest BCUT2D eigenvalue weighted by atomic mass is 9.94. The fraction of sp³-hybridized carbons (Fsp3) is 0.241. The monoisotopic (exact) mass is 520 g/mol. The van der Waals surface area contributed by atoms with Crippen LogP contribution in [0.4, 0.5) is 11.4 Å². The number of aliphatic hydroxyl groups is 1. The van der Waals surface area contributed by atoms with Gasteiger partial charge >= 0.3 is 0 Å². The fourth-order valence-electron chi connectivity index (χ4n) is 4.30. The highest BCUT2D eigenvalue weighted by atomic mass is 35.5. The number of amides is 1. The minimum Gasteiger partial charge on any atom is -0.507 e. The summed E-state index contributed by atoms with van der Waals surface area (Å²) in [6.45, 7) is 2.44. The van der Waals surface area contributed by atoms with Crippen LogP contribution < -0.4 is 19.3 Å². The molecule has 7 nitrogen and oxygen atoms in total. The highest BCUT2D eigenvalue weighted by Crippen LogP contribution is 2.45. The van der Waals surface area contributed by atoms with Gasteiger partial charge in [-0.3, -0.25) is 14.5 Å². The molecule has 1 unspecified atom stereocenters. The van der Waals surface area contributed by atoms with Gasteiger partial charge in [-0.15, -0.1) is 0 Å². The lowest BCUT2D eigenvalue weighted by Gasteiger charge is -2.27. The van der Waals surface area contributed by atoms with Gasteiger partial charge in [-0.2, -0.15) is 0 Å². The van der Waals surface area contributed by atoms with Gasteiger partial charge in [0.05, 0.1) is 36.0 Å². The zero-order chi connectivity index (χ0) is 26.7. The summed E-state index contributed by atoms with van der Waals surface area (Å²) in [7, 11) is 5.32. The van der Waals surface area contributed by atoms with Crippen LogP contribution in [0.2, 0.25) is 5.02 Å². The maximum atomic E-state index is 13.5. The smallest absolute Gasteiger partial charge is 0.300 e. The molecule has 0 radical (unpaired) electrons. The third-order valence-corrected chi connectivity index (χ3v) is 6.49. The van der Waals surface area contributed by atoms with Gasteiger partial charge < -0.3 is 19.5 Å². The van der Waals surface area contributed by atoms with Crippen molar-refractivity contribution in [1.29, 1.82) is 0 Å². The maximum Gasteiger partial charge on any atom is 0.300 e. The van der Waals surface area contributed by atoms with E-state index in [1.807, 2.05) is 56.3 Å². The average molecular weight is 521 g/mol. The molecule has 1 aliphatic rings. The molecule has 1 saturated heterocycles. The summed E-state index contributed by atoms with van der Waals surface area (Å²) in [6, 6.07) is 18.4. The van der Waals surface area contributed by atoms with Crippen molar-refractivity contribution in [3.63, 3.8) is 0 Å². The number of para-hydroxylation sites is 2. The van der Waals surface area contributed by atoms with Crippen molar-refractivity contribution >= 4 is 40.4 Å². The molecule has 4 rings (SSSR count). The number of halogens is 1. The maximum absolute atomic E-state index is 13.5. The van der Waals surface area contributed by atoms with E-state index in [-0.39, 0.29) is 11.3 Å². The van der Waals surface area contributed by atoms with Crippen LogP contribution in [-0.2, 0) is 9.59 Å². The van der Waals surface area contributed by atoms with E-state index in [0.29, 0.717) is 39.9 Å². The SMILES string of the molecule is CCCOc1ccccc1N1C(=O)C(=O)/C(=C(\O)c2ccc(Cl)c(OC)c2)C1c1ccc(N(C)C)cc1. The van der Waals surface area contributed by atoms with Crippen LogP contribution in [-0.4, -0.2) is 44.6 Å². The van der Waals surface area contributed by atoms with E-state index in [0.717, 1.165) is 12.1 Å². The number of hydrogen-bond acceptors (Lipinski definition) is 6.